The molecule has 0 saturated carbocycles. The van der Waals surface area contributed by atoms with Gasteiger partial charge in [0.25, 0.3) is 0 Å². The molecule has 1 aliphatic heterocycles. The Kier molecular flexibility index (Phi) is 5.77. The second kappa shape index (κ2) is 7.32. The number of allylic oxidation sites excluding steroid dienone is 1. The van der Waals surface area contributed by atoms with E-state index >= 15 is 0 Å². The van der Waals surface area contributed by atoms with Crippen molar-refractivity contribution in [3.63, 3.8) is 0 Å². The monoisotopic (exact) mass is 363 g/mol. The normalized spacial score (nSPS) is 20.6. The van der Waals surface area contributed by atoms with Crippen LogP contribution in [0, 0.1) is 11.8 Å². The Labute approximate surface area is 151 Å². The van der Waals surface area contributed by atoms with Crippen LogP contribution in [0.1, 0.15) is 58.2 Å². The Balaban J connectivity index is 2.06. The Morgan fingerprint density at radius 1 is 1.20 bits per heavy atom. The summed E-state index contributed by atoms with van der Waals surface area (Å²) >= 11 is 0. The third-order valence-electron chi connectivity index (χ3n) is 4.57. The van der Waals surface area contributed by atoms with Crippen molar-refractivity contribution < 1.29 is 13.2 Å². The van der Waals surface area contributed by atoms with Crippen molar-refractivity contribution in [3.05, 3.63) is 46.9 Å². The first kappa shape index (κ1) is 19.7. The summed E-state index contributed by atoms with van der Waals surface area (Å²) in [6, 6.07) is 8.30. The molecule has 0 saturated heterocycles. The van der Waals surface area contributed by atoms with Crippen LogP contribution >= 0.6 is 0 Å². The van der Waals surface area contributed by atoms with Gasteiger partial charge in [-0.1, -0.05) is 65.0 Å². The molecule has 1 aromatic rings. The summed E-state index contributed by atoms with van der Waals surface area (Å²) in [4.78, 5) is 12.4. The van der Waals surface area contributed by atoms with Crippen molar-refractivity contribution in [2.75, 3.05) is 5.75 Å². The van der Waals surface area contributed by atoms with Crippen LogP contribution in [0.15, 0.2) is 35.7 Å². The van der Waals surface area contributed by atoms with Crippen molar-refractivity contribution in [1.82, 2.24) is 5.32 Å². The Hall–Kier alpha value is -1.62. The standard InChI is InChI=1S/C20H29NO3S/c1-14(2)19(16-6-8-17(9-7-16)20(3,4)5)21-18(22)12-15-10-11-25(23,24)13-15/h6-11,14-15,19H,12-13H2,1-5H3,(H,21,22). The largest absolute Gasteiger partial charge is 0.349 e. The maximum absolute atomic E-state index is 12.4. The molecule has 2 unspecified atom stereocenters. The molecular weight excluding hydrogens is 334 g/mol. The highest BCUT2D eigenvalue weighted by atomic mass is 32.2. The van der Waals surface area contributed by atoms with Crippen LogP contribution in [0.4, 0.5) is 0 Å². The van der Waals surface area contributed by atoms with Crippen LogP contribution < -0.4 is 5.32 Å². The van der Waals surface area contributed by atoms with E-state index in [1.807, 2.05) is 0 Å². The van der Waals surface area contributed by atoms with Crippen molar-refractivity contribution in [3.8, 4) is 0 Å². The van der Waals surface area contributed by atoms with E-state index in [0.717, 1.165) is 5.56 Å². The molecule has 1 N–H and O–H groups in total. The lowest BCUT2D eigenvalue weighted by Crippen LogP contribution is -2.33. The van der Waals surface area contributed by atoms with E-state index in [1.54, 1.807) is 6.08 Å². The number of rotatable bonds is 5. The number of amides is 1. The highest BCUT2D eigenvalue weighted by molar-refractivity contribution is 7.94. The summed E-state index contributed by atoms with van der Waals surface area (Å²) in [5, 5.41) is 4.30. The zero-order chi connectivity index (χ0) is 18.8. The quantitative estimate of drug-likeness (QED) is 0.867. The molecule has 1 aliphatic rings. The molecule has 2 atom stereocenters. The van der Waals surface area contributed by atoms with Crippen LogP contribution in [0.25, 0.3) is 0 Å². The predicted octanol–water partition coefficient (Wildman–Crippen LogP) is 3.75. The molecule has 0 fully saturated rings. The van der Waals surface area contributed by atoms with E-state index in [0.29, 0.717) is 0 Å². The highest BCUT2D eigenvalue weighted by Crippen LogP contribution is 2.27. The van der Waals surface area contributed by atoms with Crippen LogP contribution in [0.3, 0.4) is 0 Å². The molecule has 2 rings (SSSR count). The Morgan fingerprint density at radius 3 is 2.24 bits per heavy atom. The number of carbonyl (C=O) groups is 1. The van der Waals surface area contributed by atoms with E-state index < -0.39 is 9.84 Å². The van der Waals surface area contributed by atoms with Gasteiger partial charge in [0.05, 0.1) is 11.8 Å². The lowest BCUT2D eigenvalue weighted by molar-refractivity contribution is -0.122. The molecule has 25 heavy (non-hydrogen) atoms. The summed E-state index contributed by atoms with van der Waals surface area (Å²) in [5.74, 6) is -0.0498. The molecule has 4 nitrogen and oxygen atoms in total. The van der Waals surface area contributed by atoms with Gasteiger partial charge in [0.1, 0.15) is 0 Å². The average Bonchev–Trinajstić information content (AvgIpc) is 2.82. The van der Waals surface area contributed by atoms with Gasteiger partial charge in [-0.05, 0) is 22.5 Å². The highest BCUT2D eigenvalue weighted by Gasteiger charge is 2.26. The summed E-state index contributed by atoms with van der Waals surface area (Å²) in [7, 11) is -3.12. The van der Waals surface area contributed by atoms with Gasteiger partial charge in [-0.25, -0.2) is 8.42 Å². The first-order valence-corrected chi connectivity index (χ1v) is 10.5. The Bertz CT molecular complexity index is 740. The minimum Gasteiger partial charge on any atom is -0.349 e. The van der Waals surface area contributed by atoms with Crippen LogP contribution in [0.2, 0.25) is 0 Å². The number of carbonyl (C=O) groups excluding carboxylic acids is 1. The van der Waals surface area contributed by atoms with Crippen LogP contribution in [0.5, 0.6) is 0 Å². The summed E-state index contributed by atoms with van der Waals surface area (Å²) in [6.07, 6.45) is 1.83. The number of sulfone groups is 1. The molecule has 0 spiro atoms. The fraction of sp³-hybridized carbons (Fsp3) is 0.550. The van der Waals surface area contributed by atoms with Gasteiger partial charge in [0.15, 0.2) is 9.84 Å². The van der Waals surface area contributed by atoms with E-state index in [2.05, 4.69) is 64.2 Å². The molecule has 1 heterocycles. The van der Waals surface area contributed by atoms with Crippen LogP contribution in [-0.4, -0.2) is 20.1 Å². The predicted molar refractivity (Wildman–Crippen MR) is 102 cm³/mol. The second-order valence-electron chi connectivity index (χ2n) is 8.28. The molecule has 1 aromatic carbocycles. The maximum Gasteiger partial charge on any atom is 0.221 e. The van der Waals surface area contributed by atoms with Gasteiger partial charge >= 0.3 is 0 Å². The molecular formula is C20H29NO3S. The number of hydrogen-bond acceptors (Lipinski definition) is 3. The van der Waals surface area contributed by atoms with E-state index in [9.17, 15) is 13.2 Å². The minimum absolute atomic E-state index is 0.0348. The van der Waals surface area contributed by atoms with E-state index in [-0.39, 0.29) is 41.4 Å². The topological polar surface area (TPSA) is 63.2 Å². The van der Waals surface area contributed by atoms with Gasteiger partial charge in [-0.15, -0.1) is 0 Å². The smallest absolute Gasteiger partial charge is 0.221 e. The summed E-state index contributed by atoms with van der Waals surface area (Å²) in [6.45, 7) is 10.7. The van der Waals surface area contributed by atoms with Gasteiger partial charge in [-0.2, -0.15) is 0 Å². The lowest BCUT2D eigenvalue weighted by atomic mass is 9.85. The zero-order valence-electron chi connectivity index (χ0n) is 15.7. The molecule has 0 bridgehead atoms. The fourth-order valence-corrected chi connectivity index (χ4v) is 4.46. The van der Waals surface area contributed by atoms with Gasteiger partial charge in [-0.3, -0.25) is 4.79 Å². The fourth-order valence-electron chi connectivity index (χ4n) is 3.06. The minimum atomic E-state index is -3.12. The summed E-state index contributed by atoms with van der Waals surface area (Å²) < 4.78 is 22.9. The Morgan fingerprint density at radius 2 is 1.80 bits per heavy atom. The molecule has 5 heteroatoms. The van der Waals surface area contributed by atoms with Crippen molar-refractivity contribution in [2.24, 2.45) is 11.8 Å². The third kappa shape index (κ3) is 5.43. The SMILES string of the molecule is CC(C)C(NC(=O)CC1C=CS(=O)(=O)C1)c1ccc(C(C)(C)C)cc1. The van der Waals surface area contributed by atoms with E-state index in [1.165, 1.54) is 11.0 Å². The zero-order valence-corrected chi connectivity index (χ0v) is 16.6. The number of benzene rings is 1. The van der Waals surface area contributed by atoms with Gasteiger partial charge in [0, 0.05) is 17.7 Å². The summed E-state index contributed by atoms with van der Waals surface area (Å²) in [5.41, 5.74) is 2.42. The lowest BCUT2D eigenvalue weighted by Gasteiger charge is -2.25. The van der Waals surface area contributed by atoms with E-state index in [4.69, 9.17) is 0 Å². The average molecular weight is 364 g/mol. The third-order valence-corrected chi connectivity index (χ3v) is 6.04. The maximum atomic E-state index is 12.4. The van der Waals surface area contributed by atoms with Crippen LogP contribution in [-0.2, 0) is 20.0 Å². The molecule has 1 amide bonds. The first-order chi connectivity index (χ1) is 11.5. The molecule has 0 radical (unpaired) electrons. The molecule has 138 valence electrons. The molecule has 0 aliphatic carbocycles. The number of nitrogens with one attached hydrogen (secondary N) is 1. The molecule has 0 aromatic heterocycles. The van der Waals surface area contributed by atoms with Gasteiger partial charge in [0.2, 0.25) is 5.91 Å². The number of hydrogen-bond donors (Lipinski definition) is 1. The van der Waals surface area contributed by atoms with Crippen molar-refractivity contribution in [1.29, 1.82) is 0 Å². The van der Waals surface area contributed by atoms with Gasteiger partial charge < -0.3 is 5.32 Å². The van der Waals surface area contributed by atoms with Crippen molar-refractivity contribution in [2.45, 2.75) is 52.5 Å². The van der Waals surface area contributed by atoms with Crippen molar-refractivity contribution >= 4 is 15.7 Å². The second-order valence-corrected chi connectivity index (χ2v) is 10.2. The first-order valence-electron chi connectivity index (χ1n) is 8.79.